The predicted octanol–water partition coefficient (Wildman–Crippen LogP) is 3.88. The molecule has 172 valence electrons. The van der Waals surface area contributed by atoms with Gasteiger partial charge in [-0.3, -0.25) is 19.3 Å². The Labute approximate surface area is 197 Å². The topological polar surface area (TPSA) is 69.7 Å². The highest BCUT2D eigenvalue weighted by Gasteiger charge is 2.35. The van der Waals surface area contributed by atoms with Gasteiger partial charge in [-0.05, 0) is 66.4 Å². The molecule has 2 aliphatic rings. The lowest BCUT2D eigenvalue weighted by Crippen LogP contribution is -2.31. The third-order valence-electron chi connectivity index (χ3n) is 6.44. The van der Waals surface area contributed by atoms with E-state index in [4.69, 9.17) is 0 Å². The maximum atomic E-state index is 13.2. The molecule has 0 aromatic heterocycles. The van der Waals surface area contributed by atoms with Crippen LogP contribution in [0.1, 0.15) is 43.1 Å². The molecule has 0 saturated carbocycles. The number of fused-ring (bicyclic) bond motifs is 1. The van der Waals surface area contributed by atoms with E-state index in [2.05, 4.69) is 10.2 Å². The fourth-order valence-electron chi connectivity index (χ4n) is 4.60. The van der Waals surface area contributed by atoms with Gasteiger partial charge in [0.05, 0.1) is 17.7 Å². The van der Waals surface area contributed by atoms with E-state index in [1.807, 2.05) is 0 Å². The van der Waals surface area contributed by atoms with E-state index in [0.29, 0.717) is 34.7 Å². The first-order valence-electron chi connectivity index (χ1n) is 11.3. The number of hydrogen-bond donors (Lipinski definition) is 1. The number of nitrogens with zero attached hydrogens (tertiary/aromatic N) is 2. The van der Waals surface area contributed by atoms with Crippen molar-refractivity contribution in [3.8, 4) is 0 Å². The first-order valence-corrected chi connectivity index (χ1v) is 11.3. The monoisotopic (exact) mass is 457 g/mol. The third-order valence-corrected chi connectivity index (χ3v) is 6.44. The van der Waals surface area contributed by atoms with Crippen LogP contribution in [0.5, 0.6) is 0 Å². The lowest BCUT2D eigenvalue weighted by atomic mass is 10.1. The van der Waals surface area contributed by atoms with Crippen LogP contribution in [0.2, 0.25) is 0 Å². The average molecular weight is 458 g/mol. The minimum absolute atomic E-state index is 0.114. The van der Waals surface area contributed by atoms with Crippen molar-refractivity contribution in [2.24, 2.45) is 5.92 Å². The molecule has 0 aliphatic carbocycles. The van der Waals surface area contributed by atoms with Crippen LogP contribution in [0, 0.1) is 11.7 Å². The van der Waals surface area contributed by atoms with E-state index in [1.165, 1.54) is 17.0 Å². The second kappa shape index (κ2) is 9.09. The molecule has 3 aromatic rings. The molecule has 2 aliphatic heterocycles. The van der Waals surface area contributed by atoms with Gasteiger partial charge < -0.3 is 10.2 Å². The van der Waals surface area contributed by atoms with Crippen molar-refractivity contribution in [2.45, 2.75) is 13.0 Å². The van der Waals surface area contributed by atoms with E-state index >= 15 is 0 Å². The Morgan fingerprint density at radius 3 is 2.35 bits per heavy atom. The van der Waals surface area contributed by atoms with Crippen molar-refractivity contribution in [3.63, 3.8) is 0 Å². The Morgan fingerprint density at radius 1 is 0.941 bits per heavy atom. The number of imide groups is 1. The van der Waals surface area contributed by atoms with Gasteiger partial charge in [-0.2, -0.15) is 0 Å². The number of anilines is 1. The molecule has 1 atom stereocenters. The smallest absolute Gasteiger partial charge is 0.261 e. The number of carbonyl (C=O) groups is 3. The van der Waals surface area contributed by atoms with Crippen molar-refractivity contribution in [2.75, 3.05) is 24.5 Å². The summed E-state index contributed by atoms with van der Waals surface area (Å²) in [4.78, 5) is 41.4. The van der Waals surface area contributed by atoms with Crippen LogP contribution in [0.3, 0.4) is 0 Å². The van der Waals surface area contributed by atoms with Crippen LogP contribution in [0.4, 0.5) is 10.1 Å². The van der Waals surface area contributed by atoms with Gasteiger partial charge in [0, 0.05) is 30.9 Å². The van der Waals surface area contributed by atoms with Crippen molar-refractivity contribution in [3.05, 3.63) is 101 Å². The van der Waals surface area contributed by atoms with Gasteiger partial charge in [0.15, 0.2) is 0 Å². The highest BCUT2D eigenvalue weighted by Crippen LogP contribution is 2.25. The Balaban J connectivity index is 1.18. The van der Waals surface area contributed by atoms with Gasteiger partial charge in [0.2, 0.25) is 0 Å². The molecule has 7 heteroatoms. The molecule has 1 fully saturated rings. The summed E-state index contributed by atoms with van der Waals surface area (Å²) in [5.41, 5.74) is 3.00. The zero-order valence-electron chi connectivity index (χ0n) is 18.5. The molecule has 2 heterocycles. The molecule has 34 heavy (non-hydrogen) atoms. The van der Waals surface area contributed by atoms with Gasteiger partial charge >= 0.3 is 0 Å². The number of benzene rings is 3. The summed E-state index contributed by atoms with van der Waals surface area (Å²) in [6.07, 6.45) is 0.942. The minimum Gasteiger partial charge on any atom is -0.371 e. The zero-order valence-corrected chi connectivity index (χ0v) is 18.5. The average Bonchev–Trinajstić information content (AvgIpc) is 3.43. The second-order valence-corrected chi connectivity index (χ2v) is 8.73. The fourth-order valence-corrected chi connectivity index (χ4v) is 4.60. The number of nitrogens with one attached hydrogen (secondary N) is 1. The molecule has 0 bridgehead atoms. The van der Waals surface area contributed by atoms with E-state index in [0.717, 1.165) is 25.2 Å². The molecule has 3 aromatic carbocycles. The summed E-state index contributed by atoms with van der Waals surface area (Å²) < 4.78 is 13.2. The quantitative estimate of drug-likeness (QED) is 0.571. The van der Waals surface area contributed by atoms with Crippen LogP contribution in [0.25, 0.3) is 0 Å². The van der Waals surface area contributed by atoms with Crippen LogP contribution in [0.15, 0.2) is 72.8 Å². The first-order chi connectivity index (χ1) is 16.5. The maximum Gasteiger partial charge on any atom is 0.261 e. The maximum absolute atomic E-state index is 13.2. The largest absolute Gasteiger partial charge is 0.371 e. The van der Waals surface area contributed by atoms with E-state index in [9.17, 15) is 18.8 Å². The van der Waals surface area contributed by atoms with Crippen molar-refractivity contribution < 1.29 is 18.8 Å². The lowest BCUT2D eigenvalue weighted by Gasteiger charge is -2.19. The van der Waals surface area contributed by atoms with Crippen molar-refractivity contribution in [1.29, 1.82) is 0 Å². The second-order valence-electron chi connectivity index (χ2n) is 8.73. The van der Waals surface area contributed by atoms with E-state index in [-0.39, 0.29) is 30.1 Å². The number of rotatable bonds is 6. The summed E-state index contributed by atoms with van der Waals surface area (Å²) in [6, 6.07) is 20.2. The Hall–Kier alpha value is -4.00. The van der Waals surface area contributed by atoms with Gasteiger partial charge in [-0.1, -0.05) is 24.3 Å². The molecule has 6 nitrogen and oxygen atoms in total. The summed E-state index contributed by atoms with van der Waals surface area (Å²) in [7, 11) is 0. The summed E-state index contributed by atoms with van der Waals surface area (Å²) in [5.74, 6) is -0.776. The van der Waals surface area contributed by atoms with Crippen LogP contribution in [-0.4, -0.2) is 42.3 Å². The molecule has 0 radical (unpaired) electrons. The molecule has 5 rings (SSSR count). The Morgan fingerprint density at radius 2 is 1.65 bits per heavy atom. The van der Waals surface area contributed by atoms with Crippen LogP contribution in [-0.2, 0) is 6.54 Å². The van der Waals surface area contributed by atoms with E-state index in [1.54, 1.807) is 60.7 Å². The molecule has 1 saturated heterocycles. The number of halogens is 1. The number of carbonyl (C=O) groups excluding carboxylic acids is 3. The Bertz CT molecular complexity index is 1220. The minimum atomic E-state index is -0.317. The molecule has 1 N–H and O–H groups in total. The van der Waals surface area contributed by atoms with E-state index < -0.39 is 0 Å². The van der Waals surface area contributed by atoms with Crippen molar-refractivity contribution >= 4 is 23.4 Å². The highest BCUT2D eigenvalue weighted by atomic mass is 19.1. The van der Waals surface area contributed by atoms with Gasteiger partial charge in [-0.25, -0.2) is 4.39 Å². The highest BCUT2D eigenvalue weighted by molar-refractivity contribution is 6.21. The first kappa shape index (κ1) is 21.8. The zero-order chi connectivity index (χ0) is 23.7. The van der Waals surface area contributed by atoms with Crippen LogP contribution < -0.4 is 10.2 Å². The molecule has 0 spiro atoms. The molecular formula is C27H24FN3O3. The summed E-state index contributed by atoms with van der Waals surface area (Å²) >= 11 is 0. The molecule has 1 unspecified atom stereocenters. The normalized spacial score (nSPS) is 17.3. The van der Waals surface area contributed by atoms with Crippen LogP contribution >= 0.6 is 0 Å². The summed E-state index contributed by atoms with van der Waals surface area (Å²) in [5, 5.41) is 3.00. The lowest BCUT2D eigenvalue weighted by molar-refractivity contribution is 0.0642. The molecular weight excluding hydrogens is 433 g/mol. The molecule has 3 amide bonds. The van der Waals surface area contributed by atoms with Crippen molar-refractivity contribution in [1.82, 2.24) is 10.2 Å². The number of hydrogen-bond acceptors (Lipinski definition) is 4. The number of amides is 3. The van der Waals surface area contributed by atoms with Gasteiger partial charge in [0.1, 0.15) is 5.82 Å². The van der Waals surface area contributed by atoms with Gasteiger partial charge in [-0.15, -0.1) is 0 Å². The SMILES string of the molecule is O=C(NCC1CCN(c2ccc(F)cc2)C1)c1cccc(CN2C(=O)c3ccccc3C2=O)c1. The fraction of sp³-hybridized carbons (Fsp3) is 0.222. The Kier molecular flexibility index (Phi) is 5.84. The van der Waals surface area contributed by atoms with Gasteiger partial charge in [0.25, 0.3) is 17.7 Å². The third kappa shape index (κ3) is 4.29. The predicted molar refractivity (Wildman–Crippen MR) is 126 cm³/mol. The summed E-state index contributed by atoms with van der Waals surface area (Å²) in [6.45, 7) is 2.31. The standard InChI is InChI=1S/C27H24FN3O3/c28-21-8-10-22(11-9-21)30-13-12-19(16-30)15-29-25(32)20-5-3-4-18(14-20)17-31-26(33)23-6-1-2-7-24(23)27(31)34/h1-11,14,19H,12-13,15-17H2,(H,29,32).